The summed E-state index contributed by atoms with van der Waals surface area (Å²) >= 11 is 0. The number of carbonyl (C=O) groups is 1. The van der Waals surface area contributed by atoms with Crippen molar-refractivity contribution in [2.24, 2.45) is 0 Å². The van der Waals surface area contributed by atoms with Crippen LogP contribution in [0.2, 0.25) is 0 Å². The number of Topliss-reactive ketones (excluding diaryl/α,β-unsaturated/α-hetero) is 1. The van der Waals surface area contributed by atoms with Gasteiger partial charge in [0, 0.05) is 23.8 Å². The monoisotopic (exact) mass is 333 g/mol. The van der Waals surface area contributed by atoms with E-state index in [2.05, 4.69) is 11.8 Å². The second-order valence-electron chi connectivity index (χ2n) is 6.17. The summed E-state index contributed by atoms with van der Waals surface area (Å²) in [6.45, 7) is 2.81. The maximum atomic E-state index is 12.6. The molecule has 0 aliphatic carbocycles. The van der Waals surface area contributed by atoms with Crippen LogP contribution in [0.15, 0.2) is 48.5 Å². The lowest BCUT2D eigenvalue weighted by Crippen LogP contribution is -2.37. The molecule has 3 rings (SSSR count). The standard InChI is InChI=1S/C19H18F3NO/c1-13-7-8-15-11-16(18(24)19(20,21)22)9-10-17(15)23(13)12-14-5-3-2-4-6-14/h2-6,9-11,13H,7-8,12H2,1H3. The molecule has 2 aromatic rings. The first-order chi connectivity index (χ1) is 11.4. The molecule has 0 aromatic heterocycles. The van der Waals surface area contributed by atoms with Gasteiger partial charge in [-0.1, -0.05) is 30.3 Å². The van der Waals surface area contributed by atoms with E-state index in [-0.39, 0.29) is 5.56 Å². The van der Waals surface area contributed by atoms with Crippen LogP contribution < -0.4 is 4.90 Å². The average Bonchev–Trinajstić information content (AvgIpc) is 2.56. The number of benzene rings is 2. The van der Waals surface area contributed by atoms with Crippen LogP contribution in [0.5, 0.6) is 0 Å². The number of carbonyl (C=O) groups excluding carboxylic acids is 1. The van der Waals surface area contributed by atoms with Crippen LogP contribution in [0.3, 0.4) is 0 Å². The van der Waals surface area contributed by atoms with Crippen molar-refractivity contribution in [3.8, 4) is 0 Å². The van der Waals surface area contributed by atoms with E-state index in [1.54, 1.807) is 6.07 Å². The molecule has 2 aromatic carbocycles. The molecule has 1 unspecified atom stereocenters. The molecule has 126 valence electrons. The Bertz CT molecular complexity index is 740. The van der Waals surface area contributed by atoms with Gasteiger partial charge < -0.3 is 4.90 Å². The lowest BCUT2D eigenvalue weighted by atomic mass is 9.93. The number of ketones is 1. The summed E-state index contributed by atoms with van der Waals surface area (Å²) in [7, 11) is 0. The van der Waals surface area contributed by atoms with Gasteiger partial charge in [-0.25, -0.2) is 0 Å². The topological polar surface area (TPSA) is 20.3 Å². The highest BCUT2D eigenvalue weighted by Crippen LogP contribution is 2.34. The van der Waals surface area contributed by atoms with Crippen LogP contribution in [0.4, 0.5) is 18.9 Å². The Hall–Kier alpha value is -2.30. The third-order valence-electron chi connectivity index (χ3n) is 4.47. The van der Waals surface area contributed by atoms with Crippen molar-refractivity contribution in [1.29, 1.82) is 0 Å². The number of aryl methyl sites for hydroxylation is 1. The fourth-order valence-corrected chi connectivity index (χ4v) is 3.15. The van der Waals surface area contributed by atoms with Crippen LogP contribution in [0.25, 0.3) is 0 Å². The van der Waals surface area contributed by atoms with Gasteiger partial charge in [0.05, 0.1) is 0 Å². The Morgan fingerprint density at radius 1 is 1.17 bits per heavy atom. The van der Waals surface area contributed by atoms with Gasteiger partial charge in [0.1, 0.15) is 0 Å². The number of nitrogens with zero attached hydrogens (tertiary/aromatic N) is 1. The number of hydrogen-bond acceptors (Lipinski definition) is 2. The van der Waals surface area contributed by atoms with E-state index in [9.17, 15) is 18.0 Å². The summed E-state index contributed by atoms with van der Waals surface area (Å²) in [5, 5.41) is 0. The Balaban J connectivity index is 1.92. The molecule has 0 bridgehead atoms. The molecule has 1 heterocycles. The fraction of sp³-hybridized carbons (Fsp3) is 0.316. The maximum absolute atomic E-state index is 12.6. The largest absolute Gasteiger partial charge is 0.454 e. The Morgan fingerprint density at radius 2 is 1.88 bits per heavy atom. The van der Waals surface area contributed by atoms with E-state index in [0.29, 0.717) is 19.0 Å². The first-order valence-corrected chi connectivity index (χ1v) is 7.91. The second-order valence-corrected chi connectivity index (χ2v) is 6.17. The van der Waals surface area contributed by atoms with Crippen molar-refractivity contribution in [3.63, 3.8) is 0 Å². The number of rotatable bonds is 3. The minimum atomic E-state index is -4.83. The molecule has 0 amide bonds. The quantitative estimate of drug-likeness (QED) is 0.754. The predicted octanol–water partition coefficient (Wildman–Crippen LogP) is 4.77. The van der Waals surface area contributed by atoms with Gasteiger partial charge >= 0.3 is 6.18 Å². The van der Waals surface area contributed by atoms with E-state index < -0.39 is 12.0 Å². The smallest absolute Gasteiger partial charge is 0.364 e. The van der Waals surface area contributed by atoms with Crippen LogP contribution >= 0.6 is 0 Å². The summed E-state index contributed by atoms with van der Waals surface area (Å²) in [5.74, 6) is -1.78. The zero-order valence-electron chi connectivity index (χ0n) is 13.3. The zero-order valence-corrected chi connectivity index (χ0v) is 13.3. The van der Waals surface area contributed by atoms with Crippen LogP contribution in [0, 0.1) is 0 Å². The van der Waals surface area contributed by atoms with Crippen LogP contribution in [-0.2, 0) is 13.0 Å². The molecule has 0 spiro atoms. The third-order valence-corrected chi connectivity index (χ3v) is 4.47. The molecule has 0 N–H and O–H groups in total. The Labute approximate surface area is 138 Å². The molecule has 1 aliphatic heterocycles. The highest BCUT2D eigenvalue weighted by molar-refractivity contribution is 6.00. The van der Waals surface area contributed by atoms with Crippen LogP contribution in [0.1, 0.15) is 34.8 Å². The molecule has 5 heteroatoms. The van der Waals surface area contributed by atoms with E-state index in [1.165, 1.54) is 12.1 Å². The maximum Gasteiger partial charge on any atom is 0.454 e. The SMILES string of the molecule is CC1CCc2cc(C(=O)C(F)(F)F)ccc2N1Cc1ccccc1. The highest BCUT2D eigenvalue weighted by atomic mass is 19.4. The van der Waals surface area contributed by atoms with Crippen molar-refractivity contribution in [3.05, 3.63) is 65.2 Å². The summed E-state index contributed by atoms with van der Waals surface area (Å²) in [4.78, 5) is 13.6. The number of hydrogen-bond donors (Lipinski definition) is 0. The van der Waals surface area contributed by atoms with Crippen LogP contribution in [-0.4, -0.2) is 18.0 Å². The Morgan fingerprint density at radius 3 is 2.54 bits per heavy atom. The van der Waals surface area contributed by atoms with E-state index in [4.69, 9.17) is 0 Å². The molecule has 0 fully saturated rings. The lowest BCUT2D eigenvalue weighted by Gasteiger charge is -2.37. The molecule has 0 saturated heterocycles. The van der Waals surface area contributed by atoms with Crippen molar-refractivity contribution < 1.29 is 18.0 Å². The number of anilines is 1. The van der Waals surface area contributed by atoms with Gasteiger partial charge in [-0.05, 0) is 49.1 Å². The third kappa shape index (κ3) is 3.30. The fourth-order valence-electron chi connectivity index (χ4n) is 3.15. The molecule has 0 saturated carbocycles. The van der Waals surface area contributed by atoms with Gasteiger partial charge in [0.15, 0.2) is 0 Å². The number of fused-ring (bicyclic) bond motifs is 1. The summed E-state index contributed by atoms with van der Waals surface area (Å²) in [5.41, 5.74) is 2.58. The molecule has 0 radical (unpaired) electrons. The van der Waals surface area contributed by atoms with Crippen molar-refractivity contribution >= 4 is 11.5 Å². The zero-order chi connectivity index (χ0) is 17.3. The minimum Gasteiger partial charge on any atom is -0.364 e. The number of halogens is 3. The highest BCUT2D eigenvalue weighted by Gasteiger charge is 2.39. The molecular formula is C19H18F3NO. The second kappa shape index (κ2) is 6.30. The lowest BCUT2D eigenvalue weighted by molar-refractivity contribution is -0.0885. The molecule has 1 atom stereocenters. The van der Waals surface area contributed by atoms with E-state index in [0.717, 1.165) is 23.2 Å². The minimum absolute atomic E-state index is 0.282. The summed E-state index contributed by atoms with van der Waals surface area (Å²) in [6.07, 6.45) is -3.30. The van der Waals surface area contributed by atoms with Crippen molar-refractivity contribution in [2.75, 3.05) is 4.90 Å². The average molecular weight is 333 g/mol. The van der Waals surface area contributed by atoms with E-state index in [1.807, 2.05) is 30.3 Å². The predicted molar refractivity (Wildman–Crippen MR) is 87.2 cm³/mol. The summed E-state index contributed by atoms with van der Waals surface area (Å²) in [6, 6.07) is 14.6. The normalized spacial score (nSPS) is 17.5. The van der Waals surface area contributed by atoms with Gasteiger partial charge in [-0.2, -0.15) is 13.2 Å². The Kier molecular flexibility index (Phi) is 4.35. The first kappa shape index (κ1) is 16.6. The number of alkyl halides is 3. The van der Waals surface area contributed by atoms with Gasteiger partial charge in [0.25, 0.3) is 5.78 Å². The van der Waals surface area contributed by atoms with Crippen molar-refractivity contribution in [2.45, 2.75) is 38.5 Å². The molecule has 24 heavy (non-hydrogen) atoms. The van der Waals surface area contributed by atoms with Crippen molar-refractivity contribution in [1.82, 2.24) is 0 Å². The van der Waals surface area contributed by atoms with Gasteiger partial charge in [0.2, 0.25) is 0 Å². The van der Waals surface area contributed by atoms with E-state index >= 15 is 0 Å². The molecular weight excluding hydrogens is 315 g/mol. The summed E-state index contributed by atoms with van der Waals surface area (Å²) < 4.78 is 37.9. The molecule has 2 nitrogen and oxygen atoms in total. The van der Waals surface area contributed by atoms with Gasteiger partial charge in [-0.3, -0.25) is 4.79 Å². The first-order valence-electron chi connectivity index (χ1n) is 7.91. The molecule has 1 aliphatic rings. The van der Waals surface area contributed by atoms with Gasteiger partial charge in [-0.15, -0.1) is 0 Å².